The van der Waals surface area contributed by atoms with E-state index in [2.05, 4.69) is 20.5 Å². The Morgan fingerprint density at radius 1 is 1.09 bits per heavy atom. The van der Waals surface area contributed by atoms with Crippen molar-refractivity contribution in [2.24, 2.45) is 10.3 Å². The maximum atomic E-state index is 13.1. The fraction of sp³-hybridized carbons (Fsp3) is 0.273. The van der Waals surface area contributed by atoms with Gasteiger partial charge in [0.15, 0.2) is 12.1 Å². The fourth-order valence-corrected chi connectivity index (χ4v) is 3.83. The topological polar surface area (TPSA) is 113 Å². The van der Waals surface area contributed by atoms with Gasteiger partial charge in [-0.25, -0.2) is 4.90 Å². The van der Waals surface area contributed by atoms with E-state index < -0.39 is 23.9 Å². The zero-order valence-electron chi connectivity index (χ0n) is 17.5. The monoisotopic (exact) mass is 432 g/mol. The van der Waals surface area contributed by atoms with Gasteiger partial charge in [-0.05, 0) is 44.2 Å². The summed E-state index contributed by atoms with van der Waals surface area (Å²) in [5, 5.41) is 13.5. The number of carbonyl (C=O) groups is 2. The van der Waals surface area contributed by atoms with Gasteiger partial charge in [0, 0.05) is 5.56 Å². The first-order valence-corrected chi connectivity index (χ1v) is 10.2. The number of carbonyl (C=O) groups excluding carboxylic acids is 2. The van der Waals surface area contributed by atoms with Gasteiger partial charge in [0.25, 0.3) is 11.8 Å². The number of imide groups is 1. The average Bonchev–Trinajstić information content (AvgIpc) is 3.48. The zero-order valence-corrected chi connectivity index (χ0v) is 17.5. The van der Waals surface area contributed by atoms with Gasteiger partial charge >= 0.3 is 0 Å². The first-order valence-electron chi connectivity index (χ1n) is 10.2. The Morgan fingerprint density at radius 2 is 1.91 bits per heavy atom. The van der Waals surface area contributed by atoms with E-state index in [0.29, 0.717) is 23.9 Å². The lowest BCUT2D eigenvalue weighted by Gasteiger charge is -2.19. The summed E-state index contributed by atoms with van der Waals surface area (Å²) in [6, 6.07) is 12.8. The van der Waals surface area contributed by atoms with Gasteiger partial charge in [-0.2, -0.15) is 10.1 Å². The standard InChI is InChI=1S/C22H20N6O4/c1-3-31-16-9-7-15(8-10-16)28-21(29)18-19(22(28)30)27(26-24-18)12-17-23-20(25-32-17)14-6-4-5-13(2)11-14/h4-11,18-19H,3,12H2,1-2H3/t18-,19+/m1/s1. The molecule has 2 aliphatic heterocycles. The first-order chi connectivity index (χ1) is 15.5. The van der Waals surface area contributed by atoms with Gasteiger partial charge in [-0.1, -0.05) is 34.1 Å². The second-order valence-corrected chi connectivity index (χ2v) is 7.51. The van der Waals surface area contributed by atoms with Crippen LogP contribution in [0.25, 0.3) is 11.4 Å². The highest BCUT2D eigenvalue weighted by molar-refractivity contribution is 6.25. The molecule has 0 spiro atoms. The number of hydrogen-bond donors (Lipinski definition) is 0. The molecular weight excluding hydrogens is 412 g/mol. The van der Waals surface area contributed by atoms with Crippen LogP contribution in [0.4, 0.5) is 5.69 Å². The Labute approximate surface area is 183 Å². The van der Waals surface area contributed by atoms with Crippen LogP contribution < -0.4 is 9.64 Å². The van der Waals surface area contributed by atoms with E-state index in [4.69, 9.17) is 9.26 Å². The summed E-state index contributed by atoms with van der Waals surface area (Å²) in [4.78, 5) is 31.5. The van der Waals surface area contributed by atoms with Crippen LogP contribution in [0, 0.1) is 6.92 Å². The van der Waals surface area contributed by atoms with Crippen molar-refractivity contribution < 1.29 is 18.8 Å². The van der Waals surface area contributed by atoms with Crippen molar-refractivity contribution in [1.29, 1.82) is 0 Å². The Bertz CT molecular complexity index is 1210. The summed E-state index contributed by atoms with van der Waals surface area (Å²) in [6.45, 7) is 4.46. The lowest BCUT2D eigenvalue weighted by Crippen LogP contribution is -2.39. The molecule has 2 atom stereocenters. The number of aromatic nitrogens is 2. The van der Waals surface area contributed by atoms with Gasteiger partial charge in [0.05, 0.1) is 12.3 Å². The molecule has 0 unspecified atom stereocenters. The number of benzene rings is 2. The maximum Gasteiger partial charge on any atom is 0.263 e. The largest absolute Gasteiger partial charge is 0.494 e. The molecule has 0 aliphatic carbocycles. The summed E-state index contributed by atoms with van der Waals surface area (Å²) in [5.74, 6) is 0.578. The Kier molecular flexibility index (Phi) is 4.89. The summed E-state index contributed by atoms with van der Waals surface area (Å²) in [7, 11) is 0. The molecule has 0 saturated carbocycles. The molecule has 10 heteroatoms. The van der Waals surface area contributed by atoms with Crippen molar-refractivity contribution in [1.82, 2.24) is 15.1 Å². The lowest BCUT2D eigenvalue weighted by molar-refractivity contribution is -0.123. The molecule has 10 nitrogen and oxygen atoms in total. The lowest BCUT2D eigenvalue weighted by atomic mass is 10.1. The number of hydrogen-bond acceptors (Lipinski definition) is 9. The average molecular weight is 432 g/mol. The van der Waals surface area contributed by atoms with Crippen LogP contribution in [0.15, 0.2) is 63.4 Å². The molecular formula is C22H20N6O4. The minimum absolute atomic E-state index is 0.0691. The molecule has 3 heterocycles. The van der Waals surface area contributed by atoms with E-state index in [1.165, 1.54) is 5.01 Å². The van der Waals surface area contributed by atoms with Crippen molar-refractivity contribution in [3.05, 3.63) is 60.0 Å². The van der Waals surface area contributed by atoms with Crippen molar-refractivity contribution in [3.8, 4) is 17.1 Å². The van der Waals surface area contributed by atoms with Gasteiger partial charge in [0.1, 0.15) is 12.3 Å². The predicted octanol–water partition coefficient (Wildman–Crippen LogP) is 2.94. The summed E-state index contributed by atoms with van der Waals surface area (Å²) >= 11 is 0. The van der Waals surface area contributed by atoms with Crippen LogP contribution in [0.3, 0.4) is 0 Å². The zero-order chi connectivity index (χ0) is 22.2. The molecule has 2 amide bonds. The molecule has 2 aliphatic rings. The molecule has 162 valence electrons. The number of anilines is 1. The van der Waals surface area contributed by atoms with Crippen LogP contribution in [-0.4, -0.2) is 45.7 Å². The molecule has 1 fully saturated rings. The molecule has 0 N–H and O–H groups in total. The van der Waals surface area contributed by atoms with E-state index in [1.54, 1.807) is 24.3 Å². The number of fused-ring (bicyclic) bond motifs is 1. The van der Waals surface area contributed by atoms with Crippen LogP contribution in [0.5, 0.6) is 5.75 Å². The highest BCUT2D eigenvalue weighted by Crippen LogP contribution is 2.33. The van der Waals surface area contributed by atoms with Gasteiger partial charge in [-0.15, -0.1) is 0 Å². The Balaban J connectivity index is 1.34. The molecule has 0 radical (unpaired) electrons. The second kappa shape index (κ2) is 7.88. The second-order valence-electron chi connectivity index (χ2n) is 7.51. The van der Waals surface area contributed by atoms with Crippen molar-refractivity contribution >= 4 is 17.5 Å². The number of aryl methyl sites for hydroxylation is 1. The molecule has 1 saturated heterocycles. The summed E-state index contributed by atoms with van der Waals surface area (Å²) in [5.41, 5.74) is 2.37. The highest BCUT2D eigenvalue weighted by atomic mass is 16.5. The third-order valence-corrected chi connectivity index (χ3v) is 5.31. The fourth-order valence-electron chi connectivity index (χ4n) is 3.83. The van der Waals surface area contributed by atoms with Crippen molar-refractivity contribution in [2.45, 2.75) is 32.5 Å². The molecule has 3 aromatic rings. The Morgan fingerprint density at radius 3 is 2.66 bits per heavy atom. The van der Waals surface area contributed by atoms with Crippen LogP contribution in [0.2, 0.25) is 0 Å². The van der Waals surface area contributed by atoms with Crippen LogP contribution in [-0.2, 0) is 16.1 Å². The van der Waals surface area contributed by atoms with Crippen molar-refractivity contribution in [3.63, 3.8) is 0 Å². The number of amides is 2. The number of ether oxygens (including phenoxy) is 1. The van der Waals surface area contributed by atoms with Gasteiger partial charge in [-0.3, -0.25) is 14.6 Å². The number of nitrogens with zero attached hydrogens (tertiary/aromatic N) is 6. The molecule has 1 aromatic heterocycles. The maximum absolute atomic E-state index is 13.1. The first kappa shape index (κ1) is 19.9. The molecule has 5 rings (SSSR count). The quantitative estimate of drug-likeness (QED) is 0.550. The SMILES string of the molecule is CCOc1ccc(N2C(=O)[C@@H]3[C@@H](N=NN3Cc3nc(-c4cccc(C)c4)no3)C2=O)cc1. The van der Waals surface area contributed by atoms with E-state index in [-0.39, 0.29) is 12.4 Å². The summed E-state index contributed by atoms with van der Waals surface area (Å²) in [6.07, 6.45) is 0. The van der Waals surface area contributed by atoms with Gasteiger partial charge in [0.2, 0.25) is 11.7 Å². The summed E-state index contributed by atoms with van der Waals surface area (Å²) < 4.78 is 10.8. The van der Waals surface area contributed by atoms with Gasteiger partial charge < -0.3 is 9.26 Å². The predicted molar refractivity (Wildman–Crippen MR) is 113 cm³/mol. The van der Waals surface area contributed by atoms with Crippen molar-refractivity contribution in [2.75, 3.05) is 11.5 Å². The van der Waals surface area contributed by atoms with Crippen LogP contribution >= 0.6 is 0 Å². The Hall–Kier alpha value is -4.08. The van der Waals surface area contributed by atoms with Crippen LogP contribution in [0.1, 0.15) is 18.4 Å². The van der Waals surface area contributed by atoms with E-state index in [0.717, 1.165) is 16.0 Å². The normalized spacial score (nSPS) is 19.7. The minimum Gasteiger partial charge on any atom is -0.494 e. The van der Waals surface area contributed by atoms with E-state index >= 15 is 0 Å². The highest BCUT2D eigenvalue weighted by Gasteiger charge is 2.55. The number of rotatable bonds is 6. The third kappa shape index (κ3) is 3.39. The minimum atomic E-state index is -0.895. The molecule has 0 bridgehead atoms. The smallest absolute Gasteiger partial charge is 0.263 e. The molecule has 32 heavy (non-hydrogen) atoms. The molecule has 2 aromatic carbocycles. The van der Waals surface area contributed by atoms with E-state index in [9.17, 15) is 9.59 Å². The van der Waals surface area contributed by atoms with E-state index in [1.807, 2.05) is 38.1 Å². The third-order valence-electron chi connectivity index (χ3n) is 5.31.